The zero-order chi connectivity index (χ0) is 10.4. The molecule has 0 aromatic heterocycles. The van der Waals surface area contributed by atoms with Gasteiger partial charge in [0.05, 0.1) is 6.61 Å². The summed E-state index contributed by atoms with van der Waals surface area (Å²) >= 11 is 0. The zero-order valence-corrected chi connectivity index (χ0v) is 10.3. The van der Waals surface area contributed by atoms with Crippen LogP contribution in [0.4, 0.5) is 0 Å². The van der Waals surface area contributed by atoms with Crippen LogP contribution in [0, 0.1) is 11.8 Å². The van der Waals surface area contributed by atoms with E-state index in [1.54, 1.807) is 0 Å². The second kappa shape index (κ2) is 8.06. The van der Waals surface area contributed by atoms with Crippen molar-refractivity contribution in [2.24, 2.45) is 17.6 Å². The Kier molecular flexibility index (Phi) is 9.31. The molecule has 2 N–H and O–H groups in total. The molecule has 0 rings (SSSR count). The third-order valence-electron chi connectivity index (χ3n) is 1.59. The van der Waals surface area contributed by atoms with Crippen molar-refractivity contribution in [2.45, 2.75) is 40.2 Å². The summed E-state index contributed by atoms with van der Waals surface area (Å²) in [7, 11) is 0. The monoisotopic (exact) mass is 223 g/mol. The number of rotatable bonds is 5. The number of ether oxygens (including phenoxy) is 1. The summed E-state index contributed by atoms with van der Waals surface area (Å²) in [6, 6.07) is -0.459. The third kappa shape index (κ3) is 8.32. The van der Waals surface area contributed by atoms with Crippen LogP contribution in [0.3, 0.4) is 0 Å². The number of carbonyl (C=O) groups is 1. The molecule has 0 unspecified atom stereocenters. The molecule has 3 nitrogen and oxygen atoms in total. The lowest BCUT2D eigenvalue weighted by Crippen LogP contribution is -2.34. The molecule has 0 radical (unpaired) electrons. The van der Waals surface area contributed by atoms with Crippen LogP contribution in [-0.2, 0) is 9.53 Å². The topological polar surface area (TPSA) is 52.3 Å². The minimum atomic E-state index is -0.459. The van der Waals surface area contributed by atoms with E-state index < -0.39 is 6.04 Å². The van der Waals surface area contributed by atoms with Gasteiger partial charge in [-0.05, 0) is 18.3 Å². The van der Waals surface area contributed by atoms with E-state index in [9.17, 15) is 4.79 Å². The van der Waals surface area contributed by atoms with Gasteiger partial charge in [-0.3, -0.25) is 4.79 Å². The maximum Gasteiger partial charge on any atom is 0.322 e. The van der Waals surface area contributed by atoms with Crippen molar-refractivity contribution in [1.29, 1.82) is 0 Å². The fourth-order valence-electron chi connectivity index (χ4n) is 0.960. The molecule has 0 aliphatic carbocycles. The summed E-state index contributed by atoms with van der Waals surface area (Å²) in [6.07, 6.45) is 0.691. The van der Waals surface area contributed by atoms with Gasteiger partial charge in [-0.25, -0.2) is 0 Å². The molecule has 0 saturated heterocycles. The van der Waals surface area contributed by atoms with E-state index in [1.165, 1.54) is 0 Å². The molecule has 0 aromatic carbocycles. The molecule has 14 heavy (non-hydrogen) atoms. The van der Waals surface area contributed by atoms with Crippen molar-refractivity contribution in [1.82, 2.24) is 0 Å². The Morgan fingerprint density at radius 2 is 1.71 bits per heavy atom. The first kappa shape index (κ1) is 16.2. The van der Waals surface area contributed by atoms with Crippen molar-refractivity contribution in [3.63, 3.8) is 0 Å². The molecule has 0 aliphatic rings. The van der Waals surface area contributed by atoms with Crippen LogP contribution in [0.5, 0.6) is 0 Å². The Labute approximate surface area is 92.8 Å². The lowest BCUT2D eigenvalue weighted by atomic mass is 10.1. The van der Waals surface area contributed by atoms with Crippen LogP contribution in [0.25, 0.3) is 0 Å². The van der Waals surface area contributed by atoms with Gasteiger partial charge in [-0.2, -0.15) is 0 Å². The quantitative estimate of drug-likeness (QED) is 0.726. The molecule has 1 atom stereocenters. The van der Waals surface area contributed by atoms with Gasteiger partial charge in [0.1, 0.15) is 6.04 Å². The fourth-order valence-corrected chi connectivity index (χ4v) is 0.960. The summed E-state index contributed by atoms with van der Waals surface area (Å²) in [6.45, 7) is 8.54. The normalized spacial score (nSPS) is 12.5. The highest BCUT2D eigenvalue weighted by atomic mass is 35.5. The molecule has 0 amide bonds. The zero-order valence-electron chi connectivity index (χ0n) is 9.45. The summed E-state index contributed by atoms with van der Waals surface area (Å²) < 4.78 is 5.00. The first-order valence-corrected chi connectivity index (χ1v) is 4.85. The summed E-state index contributed by atoms with van der Waals surface area (Å²) in [5.41, 5.74) is 5.63. The van der Waals surface area contributed by atoms with Gasteiger partial charge >= 0.3 is 5.97 Å². The largest absolute Gasteiger partial charge is 0.464 e. The van der Waals surface area contributed by atoms with Gasteiger partial charge in [0.15, 0.2) is 0 Å². The maximum absolute atomic E-state index is 11.2. The molecule has 0 heterocycles. The van der Waals surface area contributed by atoms with E-state index in [0.29, 0.717) is 24.9 Å². The first-order valence-electron chi connectivity index (χ1n) is 4.85. The molecular formula is C10H22ClNO2. The Morgan fingerprint density at radius 1 is 1.21 bits per heavy atom. The highest BCUT2D eigenvalue weighted by Crippen LogP contribution is 2.04. The second-order valence-electron chi connectivity index (χ2n) is 4.26. The minimum absolute atomic E-state index is 0. The Hall–Kier alpha value is -0.280. The predicted octanol–water partition coefficient (Wildman–Crippen LogP) is 1.98. The van der Waals surface area contributed by atoms with Crippen LogP contribution in [0.1, 0.15) is 34.1 Å². The lowest BCUT2D eigenvalue weighted by Gasteiger charge is -2.14. The van der Waals surface area contributed by atoms with Crippen LogP contribution < -0.4 is 5.73 Å². The van der Waals surface area contributed by atoms with Crippen molar-refractivity contribution in [2.75, 3.05) is 6.61 Å². The van der Waals surface area contributed by atoms with Gasteiger partial charge in [0.2, 0.25) is 0 Å². The molecule has 0 saturated carbocycles. The lowest BCUT2D eigenvalue weighted by molar-refractivity contribution is -0.146. The van der Waals surface area contributed by atoms with Crippen LogP contribution >= 0.6 is 12.4 Å². The second-order valence-corrected chi connectivity index (χ2v) is 4.26. The molecule has 0 spiro atoms. The smallest absolute Gasteiger partial charge is 0.322 e. The van der Waals surface area contributed by atoms with E-state index in [4.69, 9.17) is 10.5 Å². The number of halogens is 1. The summed E-state index contributed by atoms with van der Waals surface area (Å²) in [5, 5.41) is 0. The number of carbonyl (C=O) groups excluding carboxylic acids is 1. The Morgan fingerprint density at radius 3 is 2.07 bits per heavy atom. The van der Waals surface area contributed by atoms with Crippen molar-refractivity contribution in [3.8, 4) is 0 Å². The molecule has 0 aliphatic heterocycles. The average Bonchev–Trinajstić information content (AvgIpc) is 1.98. The maximum atomic E-state index is 11.2. The number of hydrogen-bond acceptors (Lipinski definition) is 3. The van der Waals surface area contributed by atoms with Gasteiger partial charge in [-0.15, -0.1) is 12.4 Å². The van der Waals surface area contributed by atoms with Crippen LogP contribution in [-0.4, -0.2) is 18.6 Å². The van der Waals surface area contributed by atoms with Crippen molar-refractivity contribution in [3.05, 3.63) is 0 Å². The predicted molar refractivity (Wildman–Crippen MR) is 60.5 cm³/mol. The minimum Gasteiger partial charge on any atom is -0.464 e. The number of esters is 1. The van der Waals surface area contributed by atoms with E-state index in [0.717, 1.165) is 0 Å². The average molecular weight is 224 g/mol. The molecular weight excluding hydrogens is 202 g/mol. The van der Waals surface area contributed by atoms with E-state index in [2.05, 4.69) is 0 Å². The van der Waals surface area contributed by atoms with E-state index in [-0.39, 0.29) is 18.4 Å². The fraction of sp³-hybridized carbons (Fsp3) is 0.900. The Balaban J connectivity index is 0. The Bertz CT molecular complexity index is 160. The standard InChI is InChI=1S/C10H21NO2.ClH/c1-7(2)5-9(11)10(12)13-6-8(3)4;/h7-9H,5-6,11H2,1-4H3;1H/t9-;/m0./s1. The van der Waals surface area contributed by atoms with Crippen molar-refractivity contribution >= 4 is 18.4 Å². The molecule has 86 valence electrons. The van der Waals surface area contributed by atoms with Crippen LogP contribution in [0.2, 0.25) is 0 Å². The van der Waals surface area contributed by atoms with Gasteiger partial charge in [0.25, 0.3) is 0 Å². The molecule has 0 fully saturated rings. The highest BCUT2D eigenvalue weighted by molar-refractivity contribution is 5.85. The highest BCUT2D eigenvalue weighted by Gasteiger charge is 2.16. The SMILES string of the molecule is CC(C)COC(=O)[C@@H](N)CC(C)C.Cl. The third-order valence-corrected chi connectivity index (χ3v) is 1.59. The van der Waals surface area contributed by atoms with E-state index in [1.807, 2.05) is 27.7 Å². The summed E-state index contributed by atoms with van der Waals surface area (Å²) in [4.78, 5) is 11.2. The molecule has 0 aromatic rings. The molecule has 0 bridgehead atoms. The number of hydrogen-bond donors (Lipinski definition) is 1. The van der Waals surface area contributed by atoms with Gasteiger partial charge in [0, 0.05) is 0 Å². The van der Waals surface area contributed by atoms with Crippen molar-refractivity contribution < 1.29 is 9.53 Å². The van der Waals surface area contributed by atoms with Gasteiger partial charge < -0.3 is 10.5 Å². The van der Waals surface area contributed by atoms with Crippen LogP contribution in [0.15, 0.2) is 0 Å². The number of nitrogens with two attached hydrogens (primary N) is 1. The summed E-state index contributed by atoms with van der Waals surface area (Å²) in [5.74, 6) is 0.527. The first-order chi connectivity index (χ1) is 5.93. The molecule has 4 heteroatoms. The van der Waals surface area contributed by atoms with E-state index >= 15 is 0 Å². The van der Waals surface area contributed by atoms with Gasteiger partial charge in [-0.1, -0.05) is 27.7 Å².